The molecule has 4 rings (SSSR count). The minimum absolute atomic E-state index is 0.279. The third kappa shape index (κ3) is 2.44. The van der Waals surface area contributed by atoms with Crippen molar-refractivity contribution in [3.63, 3.8) is 0 Å². The fourth-order valence-corrected chi connectivity index (χ4v) is 3.98. The van der Waals surface area contributed by atoms with Gasteiger partial charge in [0.15, 0.2) is 0 Å². The maximum absolute atomic E-state index is 12.5. The Balaban J connectivity index is 1.73. The second-order valence-corrected chi connectivity index (χ2v) is 6.86. The summed E-state index contributed by atoms with van der Waals surface area (Å²) in [6, 6.07) is 3.73. The summed E-state index contributed by atoms with van der Waals surface area (Å²) < 4.78 is 0. The second-order valence-electron chi connectivity index (χ2n) is 5.45. The molecule has 0 spiro atoms. The molecule has 3 aromatic heterocycles. The molecule has 5 nitrogen and oxygen atoms in total. The number of aryl methyl sites for hydroxylation is 2. The van der Waals surface area contributed by atoms with E-state index in [1.807, 2.05) is 0 Å². The van der Waals surface area contributed by atoms with Gasteiger partial charge in [0.2, 0.25) is 0 Å². The van der Waals surface area contributed by atoms with Crippen LogP contribution >= 0.6 is 22.9 Å². The Hall–Kier alpha value is -2.18. The Morgan fingerprint density at radius 1 is 1.39 bits per heavy atom. The highest BCUT2D eigenvalue weighted by atomic mass is 35.5. The maximum Gasteiger partial charge on any atom is 0.267 e. The number of hydrogen-bond acceptors (Lipinski definition) is 5. The average molecular weight is 345 g/mol. The molecule has 1 amide bonds. The number of nitrogens with one attached hydrogen (secondary N) is 1. The molecule has 0 radical (unpaired) electrons. The molecule has 0 aromatic carbocycles. The molecule has 1 aliphatic carbocycles. The number of amides is 1. The number of hydrogen-bond donors (Lipinski definition) is 2. The van der Waals surface area contributed by atoms with Crippen LogP contribution in [0.1, 0.15) is 27.3 Å². The van der Waals surface area contributed by atoms with Gasteiger partial charge in [-0.05, 0) is 37.0 Å². The summed E-state index contributed by atoms with van der Waals surface area (Å²) in [5, 5.41) is 4.03. The van der Waals surface area contributed by atoms with Crippen LogP contribution in [0, 0.1) is 0 Å². The van der Waals surface area contributed by atoms with Gasteiger partial charge < -0.3 is 11.1 Å². The first-order valence-corrected chi connectivity index (χ1v) is 8.44. The molecule has 3 N–H and O–H groups in total. The summed E-state index contributed by atoms with van der Waals surface area (Å²) in [4.78, 5) is 22.4. The molecular formula is C16H13ClN4OS. The van der Waals surface area contributed by atoms with Crippen molar-refractivity contribution in [2.75, 3.05) is 11.1 Å². The van der Waals surface area contributed by atoms with E-state index in [9.17, 15) is 4.79 Å². The summed E-state index contributed by atoms with van der Waals surface area (Å²) in [6.07, 6.45) is 6.21. The molecule has 0 saturated carbocycles. The number of halogens is 1. The van der Waals surface area contributed by atoms with Crippen molar-refractivity contribution in [1.29, 1.82) is 0 Å². The zero-order chi connectivity index (χ0) is 16.0. The highest BCUT2D eigenvalue weighted by Gasteiger charge is 2.21. The summed E-state index contributed by atoms with van der Waals surface area (Å²) in [7, 11) is 0. The Kier molecular flexibility index (Phi) is 3.43. The highest BCUT2D eigenvalue weighted by molar-refractivity contribution is 7.21. The third-order valence-electron chi connectivity index (χ3n) is 3.98. The fraction of sp³-hybridized carbons (Fsp3) is 0.188. The van der Waals surface area contributed by atoms with Gasteiger partial charge in [0.25, 0.3) is 5.91 Å². The number of thiophene rings is 1. The molecule has 7 heteroatoms. The first-order chi connectivity index (χ1) is 11.1. The van der Waals surface area contributed by atoms with Gasteiger partial charge in [-0.2, -0.15) is 0 Å². The van der Waals surface area contributed by atoms with Crippen molar-refractivity contribution >= 4 is 50.4 Å². The van der Waals surface area contributed by atoms with Gasteiger partial charge in [-0.1, -0.05) is 11.6 Å². The highest BCUT2D eigenvalue weighted by Crippen LogP contribution is 2.36. The second kappa shape index (κ2) is 5.47. The number of anilines is 2. The molecule has 0 atom stereocenters. The van der Waals surface area contributed by atoms with Crippen LogP contribution in [0.5, 0.6) is 0 Å². The van der Waals surface area contributed by atoms with E-state index in [0.29, 0.717) is 21.3 Å². The molecule has 0 unspecified atom stereocenters. The summed E-state index contributed by atoms with van der Waals surface area (Å²) in [5.41, 5.74) is 9.55. The topological polar surface area (TPSA) is 80.9 Å². The van der Waals surface area contributed by atoms with Gasteiger partial charge in [-0.25, -0.2) is 4.98 Å². The lowest BCUT2D eigenvalue weighted by Crippen LogP contribution is -2.12. The van der Waals surface area contributed by atoms with Crippen molar-refractivity contribution in [1.82, 2.24) is 9.97 Å². The van der Waals surface area contributed by atoms with Crippen LogP contribution in [-0.4, -0.2) is 15.9 Å². The van der Waals surface area contributed by atoms with Crippen LogP contribution in [-0.2, 0) is 12.8 Å². The Labute approximate surface area is 141 Å². The zero-order valence-electron chi connectivity index (χ0n) is 12.1. The lowest BCUT2D eigenvalue weighted by molar-refractivity contribution is 0.103. The molecule has 0 fully saturated rings. The van der Waals surface area contributed by atoms with Crippen molar-refractivity contribution < 1.29 is 4.79 Å². The van der Waals surface area contributed by atoms with E-state index in [-0.39, 0.29) is 5.91 Å². The van der Waals surface area contributed by atoms with E-state index in [1.54, 1.807) is 12.3 Å². The number of pyridine rings is 2. The monoisotopic (exact) mass is 344 g/mol. The van der Waals surface area contributed by atoms with E-state index >= 15 is 0 Å². The van der Waals surface area contributed by atoms with Crippen LogP contribution in [0.25, 0.3) is 10.2 Å². The minimum Gasteiger partial charge on any atom is -0.397 e. The normalized spacial score (nSPS) is 13.3. The quantitative estimate of drug-likeness (QED) is 0.743. The van der Waals surface area contributed by atoms with Gasteiger partial charge in [0, 0.05) is 23.5 Å². The van der Waals surface area contributed by atoms with E-state index in [0.717, 1.165) is 35.2 Å². The van der Waals surface area contributed by atoms with Crippen LogP contribution in [0.3, 0.4) is 0 Å². The number of nitrogens with zero attached hydrogens (tertiary/aromatic N) is 2. The predicted molar refractivity (Wildman–Crippen MR) is 93.3 cm³/mol. The zero-order valence-corrected chi connectivity index (χ0v) is 13.7. The largest absolute Gasteiger partial charge is 0.397 e. The number of nitrogen functional groups attached to an aromatic ring is 1. The molecule has 0 saturated heterocycles. The van der Waals surface area contributed by atoms with Gasteiger partial charge in [0.05, 0.1) is 16.4 Å². The van der Waals surface area contributed by atoms with Crippen LogP contribution in [0.2, 0.25) is 5.02 Å². The number of carbonyl (C=O) groups excluding carboxylic acids is 1. The summed E-state index contributed by atoms with van der Waals surface area (Å²) in [5.74, 6) is -0.279. The minimum atomic E-state index is -0.279. The molecule has 0 bridgehead atoms. The van der Waals surface area contributed by atoms with Crippen molar-refractivity contribution in [3.05, 3.63) is 45.7 Å². The van der Waals surface area contributed by atoms with Crippen molar-refractivity contribution in [2.24, 2.45) is 0 Å². The van der Waals surface area contributed by atoms with Crippen LogP contribution < -0.4 is 11.1 Å². The number of rotatable bonds is 2. The molecule has 1 aliphatic rings. The fourth-order valence-electron chi connectivity index (χ4n) is 2.82. The molecule has 0 aliphatic heterocycles. The van der Waals surface area contributed by atoms with Gasteiger partial charge >= 0.3 is 0 Å². The lowest BCUT2D eigenvalue weighted by atomic mass is 10.1. The van der Waals surface area contributed by atoms with Crippen LogP contribution in [0.15, 0.2) is 24.5 Å². The van der Waals surface area contributed by atoms with Gasteiger partial charge in [0.1, 0.15) is 9.71 Å². The Bertz CT molecular complexity index is 937. The number of carbonyl (C=O) groups is 1. The van der Waals surface area contributed by atoms with Gasteiger partial charge in [-0.3, -0.25) is 9.78 Å². The van der Waals surface area contributed by atoms with Crippen molar-refractivity contribution in [2.45, 2.75) is 19.3 Å². The van der Waals surface area contributed by atoms with Crippen LogP contribution in [0.4, 0.5) is 11.4 Å². The van der Waals surface area contributed by atoms with E-state index in [1.165, 1.54) is 23.1 Å². The Morgan fingerprint density at radius 2 is 2.26 bits per heavy atom. The first kappa shape index (κ1) is 14.4. The SMILES string of the molecule is Nc1c(C(=O)Nc2ccncc2Cl)sc2nc3c(cc12)CCC3. The first-order valence-electron chi connectivity index (χ1n) is 7.25. The number of nitrogens with two attached hydrogens (primary N) is 1. The van der Waals surface area contributed by atoms with E-state index < -0.39 is 0 Å². The average Bonchev–Trinajstić information content (AvgIpc) is 3.12. The number of aromatic nitrogens is 2. The third-order valence-corrected chi connectivity index (χ3v) is 5.39. The standard InChI is InChI=1S/C16H13ClN4OS/c17-10-7-19-5-4-12(10)20-15(22)14-13(18)9-6-8-2-1-3-11(8)21-16(9)23-14/h4-7H,1-3,18H2,(H,19,20,22). The summed E-state index contributed by atoms with van der Waals surface area (Å²) >= 11 is 7.34. The Morgan fingerprint density at radius 3 is 3.09 bits per heavy atom. The van der Waals surface area contributed by atoms with E-state index in [4.69, 9.17) is 17.3 Å². The molecule has 116 valence electrons. The maximum atomic E-state index is 12.5. The van der Waals surface area contributed by atoms with E-state index in [2.05, 4.69) is 21.4 Å². The molecule has 23 heavy (non-hydrogen) atoms. The lowest BCUT2D eigenvalue weighted by Gasteiger charge is -2.05. The molecular weight excluding hydrogens is 332 g/mol. The van der Waals surface area contributed by atoms with Crippen molar-refractivity contribution in [3.8, 4) is 0 Å². The smallest absolute Gasteiger partial charge is 0.267 e. The van der Waals surface area contributed by atoms with Gasteiger partial charge in [-0.15, -0.1) is 11.3 Å². The molecule has 3 aromatic rings. The summed E-state index contributed by atoms with van der Waals surface area (Å²) in [6.45, 7) is 0. The number of fused-ring (bicyclic) bond motifs is 2. The molecule has 3 heterocycles. The predicted octanol–water partition coefficient (Wildman–Crippen LogP) is 3.67.